The van der Waals surface area contributed by atoms with Crippen LogP contribution in [0, 0.1) is 0 Å². The summed E-state index contributed by atoms with van der Waals surface area (Å²) in [5.41, 5.74) is 0. The molecule has 1 aliphatic heterocycles. The van der Waals surface area contributed by atoms with Crippen LogP contribution in [0.4, 0.5) is 0 Å². The molecule has 1 fully saturated rings. The molecule has 1 N–H and O–H groups in total. The van der Waals surface area contributed by atoms with Crippen LogP contribution >= 0.6 is 0 Å². The molecule has 0 spiro atoms. The van der Waals surface area contributed by atoms with E-state index in [1.165, 1.54) is 6.42 Å². The highest BCUT2D eigenvalue weighted by Crippen LogP contribution is 2.09. The predicted octanol–water partition coefficient (Wildman–Crippen LogP) is -0.00110. The van der Waals surface area contributed by atoms with Gasteiger partial charge in [-0.2, -0.15) is 5.10 Å². The minimum absolute atomic E-state index is 0.622. The molecule has 0 aromatic carbocycles. The van der Waals surface area contributed by atoms with E-state index < -0.39 is 0 Å². The molecule has 1 aromatic heterocycles. The molecule has 0 radical (unpaired) electrons. The number of aromatic nitrogens is 3. The first-order valence-electron chi connectivity index (χ1n) is 5.55. The van der Waals surface area contributed by atoms with Crippen molar-refractivity contribution in [3.05, 3.63) is 12.2 Å². The van der Waals surface area contributed by atoms with Gasteiger partial charge in [-0.15, -0.1) is 0 Å². The van der Waals surface area contributed by atoms with Gasteiger partial charge in [0.1, 0.15) is 12.2 Å². The van der Waals surface area contributed by atoms with Gasteiger partial charge in [-0.3, -0.25) is 9.58 Å². The van der Waals surface area contributed by atoms with Crippen molar-refractivity contribution < 1.29 is 0 Å². The van der Waals surface area contributed by atoms with Crippen LogP contribution in [0.25, 0.3) is 0 Å². The van der Waals surface area contributed by atoms with Crippen molar-refractivity contribution in [2.45, 2.75) is 25.9 Å². The summed E-state index contributed by atoms with van der Waals surface area (Å²) in [5, 5.41) is 7.51. The average molecular weight is 209 g/mol. The summed E-state index contributed by atoms with van der Waals surface area (Å²) in [6.45, 7) is 6.47. The van der Waals surface area contributed by atoms with Crippen molar-refractivity contribution in [2.75, 3.05) is 19.6 Å². The molecule has 2 heterocycles. The van der Waals surface area contributed by atoms with Crippen LogP contribution in [-0.2, 0) is 13.6 Å². The van der Waals surface area contributed by atoms with Crippen LogP contribution in [0.2, 0.25) is 0 Å². The Hall–Kier alpha value is -0.940. The maximum atomic E-state index is 4.26. The number of nitrogens with zero attached hydrogens (tertiary/aromatic N) is 4. The third kappa shape index (κ3) is 2.54. The summed E-state index contributed by atoms with van der Waals surface area (Å²) < 4.78 is 1.85. The smallest absolute Gasteiger partial charge is 0.140 e. The van der Waals surface area contributed by atoms with Crippen LogP contribution in [0.5, 0.6) is 0 Å². The van der Waals surface area contributed by atoms with Gasteiger partial charge in [-0.1, -0.05) is 0 Å². The summed E-state index contributed by atoms with van der Waals surface area (Å²) >= 11 is 0. The van der Waals surface area contributed by atoms with Crippen LogP contribution in [0.1, 0.15) is 19.2 Å². The first-order valence-corrected chi connectivity index (χ1v) is 5.55. The summed E-state index contributed by atoms with van der Waals surface area (Å²) in [4.78, 5) is 6.73. The molecule has 1 aliphatic rings. The van der Waals surface area contributed by atoms with Gasteiger partial charge in [0.25, 0.3) is 0 Å². The Bertz CT molecular complexity index is 309. The lowest BCUT2D eigenvalue weighted by Gasteiger charge is -2.25. The third-order valence-corrected chi connectivity index (χ3v) is 3.09. The van der Waals surface area contributed by atoms with Crippen molar-refractivity contribution in [3.8, 4) is 0 Å². The number of nitrogens with one attached hydrogen (secondary N) is 1. The van der Waals surface area contributed by atoms with E-state index in [9.17, 15) is 0 Å². The van der Waals surface area contributed by atoms with E-state index in [0.29, 0.717) is 6.04 Å². The summed E-state index contributed by atoms with van der Waals surface area (Å²) in [7, 11) is 1.95. The SMILES string of the molecule is CC1CCNCCN1Cc1ncnn1C. The van der Waals surface area contributed by atoms with E-state index in [4.69, 9.17) is 0 Å². The van der Waals surface area contributed by atoms with Crippen molar-refractivity contribution >= 4 is 0 Å². The van der Waals surface area contributed by atoms with Gasteiger partial charge in [0.05, 0.1) is 6.54 Å². The standard InChI is InChI=1S/C10H19N5/c1-9-3-4-11-5-6-15(9)7-10-12-8-13-14(10)2/h8-9,11H,3-7H2,1-2H3. The molecule has 0 amide bonds. The maximum Gasteiger partial charge on any atom is 0.140 e. The molecule has 1 unspecified atom stereocenters. The molecule has 2 rings (SSSR count). The third-order valence-electron chi connectivity index (χ3n) is 3.09. The fourth-order valence-electron chi connectivity index (χ4n) is 1.94. The molecule has 0 bridgehead atoms. The van der Waals surface area contributed by atoms with Gasteiger partial charge >= 0.3 is 0 Å². The molecular formula is C10H19N5. The highest BCUT2D eigenvalue weighted by atomic mass is 15.3. The van der Waals surface area contributed by atoms with E-state index in [0.717, 1.165) is 32.0 Å². The normalized spacial score (nSPS) is 24.0. The quantitative estimate of drug-likeness (QED) is 0.744. The van der Waals surface area contributed by atoms with Gasteiger partial charge in [0, 0.05) is 26.2 Å². The fourth-order valence-corrected chi connectivity index (χ4v) is 1.94. The van der Waals surface area contributed by atoms with Gasteiger partial charge in [0.15, 0.2) is 0 Å². The van der Waals surface area contributed by atoms with E-state index in [1.807, 2.05) is 11.7 Å². The second-order valence-electron chi connectivity index (χ2n) is 4.16. The lowest BCUT2D eigenvalue weighted by molar-refractivity contribution is 0.203. The molecule has 1 saturated heterocycles. The van der Waals surface area contributed by atoms with Gasteiger partial charge in [-0.25, -0.2) is 4.98 Å². The monoisotopic (exact) mass is 209 g/mol. The second kappa shape index (κ2) is 4.72. The lowest BCUT2D eigenvalue weighted by atomic mass is 10.2. The molecular weight excluding hydrogens is 190 g/mol. The minimum atomic E-state index is 0.622. The highest BCUT2D eigenvalue weighted by molar-refractivity contribution is 4.86. The van der Waals surface area contributed by atoms with Crippen molar-refractivity contribution in [3.63, 3.8) is 0 Å². The zero-order valence-electron chi connectivity index (χ0n) is 9.48. The molecule has 5 heteroatoms. The maximum absolute atomic E-state index is 4.26. The van der Waals surface area contributed by atoms with E-state index in [2.05, 4.69) is 27.2 Å². The Kier molecular flexibility index (Phi) is 3.33. The van der Waals surface area contributed by atoms with E-state index >= 15 is 0 Å². The van der Waals surface area contributed by atoms with Gasteiger partial charge in [0.2, 0.25) is 0 Å². The zero-order chi connectivity index (χ0) is 10.7. The Morgan fingerprint density at radius 3 is 3.13 bits per heavy atom. The predicted molar refractivity (Wildman–Crippen MR) is 58.4 cm³/mol. The van der Waals surface area contributed by atoms with Gasteiger partial charge in [-0.05, 0) is 19.9 Å². The van der Waals surface area contributed by atoms with Crippen LogP contribution in [0.3, 0.4) is 0 Å². The number of hydrogen-bond acceptors (Lipinski definition) is 4. The lowest BCUT2D eigenvalue weighted by Crippen LogP contribution is -2.34. The summed E-state index contributed by atoms with van der Waals surface area (Å²) in [6, 6.07) is 0.622. The summed E-state index contributed by atoms with van der Waals surface area (Å²) in [6.07, 6.45) is 2.83. The molecule has 0 saturated carbocycles. The molecule has 1 aromatic rings. The van der Waals surface area contributed by atoms with Crippen molar-refractivity contribution in [2.24, 2.45) is 7.05 Å². The van der Waals surface area contributed by atoms with Crippen molar-refractivity contribution in [1.29, 1.82) is 0 Å². The van der Waals surface area contributed by atoms with Gasteiger partial charge < -0.3 is 5.32 Å². The van der Waals surface area contributed by atoms with Crippen molar-refractivity contribution in [1.82, 2.24) is 25.0 Å². The minimum Gasteiger partial charge on any atom is -0.315 e. The topological polar surface area (TPSA) is 46.0 Å². The first-order chi connectivity index (χ1) is 7.27. The Labute approximate surface area is 90.5 Å². The Balaban J connectivity index is 2.00. The summed E-state index contributed by atoms with van der Waals surface area (Å²) in [5.74, 6) is 1.05. The molecule has 0 aliphatic carbocycles. The Morgan fingerprint density at radius 1 is 1.53 bits per heavy atom. The van der Waals surface area contributed by atoms with Crippen LogP contribution in [-0.4, -0.2) is 45.3 Å². The first kappa shape index (κ1) is 10.6. The Morgan fingerprint density at radius 2 is 2.40 bits per heavy atom. The zero-order valence-corrected chi connectivity index (χ0v) is 9.48. The number of aryl methyl sites for hydroxylation is 1. The molecule has 1 atom stereocenters. The van der Waals surface area contributed by atoms with E-state index in [-0.39, 0.29) is 0 Å². The molecule has 15 heavy (non-hydrogen) atoms. The average Bonchev–Trinajstić information content (AvgIpc) is 2.50. The number of hydrogen-bond donors (Lipinski definition) is 1. The van der Waals surface area contributed by atoms with Crippen LogP contribution < -0.4 is 5.32 Å². The molecule has 5 nitrogen and oxygen atoms in total. The largest absolute Gasteiger partial charge is 0.315 e. The number of rotatable bonds is 2. The van der Waals surface area contributed by atoms with E-state index in [1.54, 1.807) is 6.33 Å². The van der Waals surface area contributed by atoms with Crippen LogP contribution in [0.15, 0.2) is 6.33 Å². The molecule has 84 valence electrons. The second-order valence-corrected chi connectivity index (χ2v) is 4.16. The fraction of sp³-hybridized carbons (Fsp3) is 0.800. The highest BCUT2D eigenvalue weighted by Gasteiger charge is 2.18.